The first kappa shape index (κ1) is 23.0. The van der Waals surface area contributed by atoms with Gasteiger partial charge in [-0.05, 0) is 49.2 Å². The van der Waals surface area contributed by atoms with Crippen LogP contribution in [0.25, 0.3) is 11.4 Å². The summed E-state index contributed by atoms with van der Waals surface area (Å²) in [6.07, 6.45) is -1.83. The molecule has 7 nitrogen and oxygen atoms in total. The van der Waals surface area contributed by atoms with Gasteiger partial charge in [0.25, 0.3) is 0 Å². The summed E-state index contributed by atoms with van der Waals surface area (Å²) >= 11 is 0. The summed E-state index contributed by atoms with van der Waals surface area (Å²) in [5, 5.41) is 0. The van der Waals surface area contributed by atoms with E-state index in [0.717, 1.165) is 38.2 Å². The first-order chi connectivity index (χ1) is 15.2. The number of hydrogen-bond donors (Lipinski definition) is 1. The number of carbonyl (C=O) groups excluding carboxylic acids is 2. The lowest BCUT2D eigenvalue weighted by Crippen LogP contribution is -2.46. The molecule has 1 aliphatic rings. The predicted octanol–water partition coefficient (Wildman–Crippen LogP) is 3.85. The van der Waals surface area contributed by atoms with Crippen LogP contribution in [0.5, 0.6) is 0 Å². The van der Waals surface area contributed by atoms with Crippen LogP contribution in [0, 0.1) is 13.8 Å². The van der Waals surface area contributed by atoms with Crippen LogP contribution in [0.4, 0.5) is 24.7 Å². The van der Waals surface area contributed by atoms with Crippen LogP contribution in [0.2, 0.25) is 0 Å². The molecule has 0 aliphatic carbocycles. The molecule has 1 fully saturated rings. The van der Waals surface area contributed by atoms with E-state index >= 15 is 0 Å². The van der Waals surface area contributed by atoms with E-state index < -0.39 is 11.9 Å². The SMILES string of the molecule is Cc1ccc(N2CCN(c3ccc(-c4ncc(C(F)(F)F)[nH]4)cn3)CC2)cc1C.O=C=O. The lowest BCUT2D eigenvalue weighted by atomic mass is 10.1. The summed E-state index contributed by atoms with van der Waals surface area (Å²) in [6, 6.07) is 10.1. The van der Waals surface area contributed by atoms with Crippen molar-refractivity contribution in [2.24, 2.45) is 0 Å². The normalized spacial score (nSPS) is 13.9. The number of aryl methyl sites for hydroxylation is 2. The molecule has 0 radical (unpaired) electrons. The average molecular weight is 445 g/mol. The Hall–Kier alpha value is -3.65. The topological polar surface area (TPSA) is 82.2 Å². The number of rotatable bonds is 3. The smallest absolute Gasteiger partial charge is 0.368 e. The summed E-state index contributed by atoms with van der Waals surface area (Å²) in [5.41, 5.74) is 3.47. The van der Waals surface area contributed by atoms with E-state index in [1.54, 1.807) is 12.3 Å². The minimum absolute atomic E-state index is 0.163. The molecule has 0 unspecified atom stereocenters. The van der Waals surface area contributed by atoms with Gasteiger partial charge in [-0.1, -0.05) is 6.07 Å². The molecule has 32 heavy (non-hydrogen) atoms. The van der Waals surface area contributed by atoms with Gasteiger partial charge in [-0.2, -0.15) is 22.8 Å². The van der Waals surface area contributed by atoms with E-state index in [1.165, 1.54) is 16.8 Å². The number of piperazine rings is 1. The van der Waals surface area contributed by atoms with Crippen molar-refractivity contribution in [1.82, 2.24) is 15.0 Å². The Kier molecular flexibility index (Phi) is 6.95. The van der Waals surface area contributed by atoms with Crippen LogP contribution in [-0.2, 0) is 15.8 Å². The number of H-pyrrole nitrogens is 1. The highest BCUT2D eigenvalue weighted by Gasteiger charge is 2.33. The molecule has 4 rings (SSSR count). The molecule has 1 N–H and O–H groups in total. The fourth-order valence-electron chi connectivity index (χ4n) is 3.44. The van der Waals surface area contributed by atoms with Crippen molar-refractivity contribution in [2.75, 3.05) is 36.0 Å². The largest absolute Gasteiger partial charge is 0.432 e. The summed E-state index contributed by atoms with van der Waals surface area (Å²) in [7, 11) is 0. The van der Waals surface area contributed by atoms with E-state index in [4.69, 9.17) is 9.59 Å². The highest BCUT2D eigenvalue weighted by atomic mass is 19.4. The highest BCUT2D eigenvalue weighted by molar-refractivity contribution is 5.58. The van der Waals surface area contributed by atoms with Gasteiger partial charge >= 0.3 is 12.3 Å². The summed E-state index contributed by atoms with van der Waals surface area (Å²) in [5.74, 6) is 0.979. The van der Waals surface area contributed by atoms with Gasteiger partial charge in [-0.15, -0.1) is 0 Å². The summed E-state index contributed by atoms with van der Waals surface area (Å²) in [4.78, 5) is 31.4. The van der Waals surface area contributed by atoms with Crippen molar-refractivity contribution in [3.8, 4) is 11.4 Å². The Bertz CT molecular complexity index is 1080. The minimum atomic E-state index is -4.44. The zero-order valence-electron chi connectivity index (χ0n) is 17.6. The molecule has 1 saturated heterocycles. The molecule has 3 heterocycles. The van der Waals surface area contributed by atoms with Gasteiger partial charge in [0, 0.05) is 43.6 Å². The van der Waals surface area contributed by atoms with Gasteiger partial charge in [0.2, 0.25) is 0 Å². The molecule has 0 amide bonds. The Morgan fingerprint density at radius 2 is 1.56 bits per heavy atom. The maximum atomic E-state index is 12.7. The molecule has 2 aromatic heterocycles. The van der Waals surface area contributed by atoms with E-state index in [-0.39, 0.29) is 12.0 Å². The number of pyridine rings is 1. The summed E-state index contributed by atoms with van der Waals surface area (Å²) < 4.78 is 38.2. The van der Waals surface area contributed by atoms with Gasteiger partial charge in [0.15, 0.2) is 0 Å². The van der Waals surface area contributed by atoms with E-state index in [0.29, 0.717) is 5.56 Å². The minimum Gasteiger partial charge on any atom is -0.368 e. The zero-order chi connectivity index (χ0) is 23.3. The van der Waals surface area contributed by atoms with Gasteiger partial charge in [0.05, 0.1) is 6.20 Å². The third-order valence-corrected chi connectivity index (χ3v) is 5.36. The van der Waals surface area contributed by atoms with Crippen LogP contribution in [-0.4, -0.2) is 47.3 Å². The lowest BCUT2D eigenvalue weighted by Gasteiger charge is -2.37. The van der Waals surface area contributed by atoms with E-state index in [2.05, 4.69) is 56.8 Å². The first-order valence-electron chi connectivity index (χ1n) is 9.88. The number of hydrogen-bond acceptors (Lipinski definition) is 6. The number of anilines is 2. The molecule has 0 bridgehead atoms. The first-order valence-corrected chi connectivity index (χ1v) is 9.88. The molecule has 1 aliphatic heterocycles. The number of halogens is 3. The van der Waals surface area contributed by atoms with Crippen molar-refractivity contribution >= 4 is 17.7 Å². The van der Waals surface area contributed by atoms with Gasteiger partial charge in [-0.3, -0.25) is 0 Å². The number of nitrogens with zero attached hydrogens (tertiary/aromatic N) is 4. The molecular formula is C22H22F3N5O2. The second-order valence-electron chi connectivity index (χ2n) is 7.37. The number of aromatic amines is 1. The number of aromatic nitrogens is 3. The molecule has 10 heteroatoms. The maximum absolute atomic E-state index is 12.7. The van der Waals surface area contributed by atoms with Crippen LogP contribution in [0.15, 0.2) is 42.7 Å². The van der Waals surface area contributed by atoms with Crippen molar-refractivity contribution in [2.45, 2.75) is 20.0 Å². The monoisotopic (exact) mass is 445 g/mol. The standard InChI is InChI=1S/C21H22F3N5.CO2/c1-14-3-5-17(11-15(14)2)28-7-9-29(10-8-28)19-6-4-16(12-25-19)20-26-13-18(27-20)21(22,23)24;2-1-3/h3-6,11-13H,7-10H2,1-2H3,(H,26,27);. The Labute approximate surface area is 182 Å². The molecule has 1 aromatic carbocycles. The second-order valence-corrected chi connectivity index (χ2v) is 7.37. The quantitative estimate of drug-likeness (QED) is 0.660. The van der Waals surface area contributed by atoms with Crippen molar-refractivity contribution < 1.29 is 22.8 Å². The van der Waals surface area contributed by atoms with Gasteiger partial charge in [-0.25, -0.2) is 9.97 Å². The summed E-state index contributed by atoms with van der Waals surface area (Å²) in [6.45, 7) is 7.67. The van der Waals surface area contributed by atoms with Crippen molar-refractivity contribution in [1.29, 1.82) is 0 Å². The Morgan fingerprint density at radius 1 is 0.906 bits per heavy atom. The average Bonchev–Trinajstić information content (AvgIpc) is 3.28. The van der Waals surface area contributed by atoms with Crippen molar-refractivity contribution in [3.63, 3.8) is 0 Å². The van der Waals surface area contributed by atoms with Crippen LogP contribution in [0.3, 0.4) is 0 Å². The number of nitrogens with one attached hydrogen (secondary N) is 1. The molecule has 0 atom stereocenters. The second kappa shape index (κ2) is 9.65. The molecule has 168 valence electrons. The third-order valence-electron chi connectivity index (χ3n) is 5.36. The highest BCUT2D eigenvalue weighted by Crippen LogP contribution is 2.29. The van der Waals surface area contributed by atoms with Crippen LogP contribution in [0.1, 0.15) is 16.8 Å². The zero-order valence-corrected chi connectivity index (χ0v) is 17.6. The van der Waals surface area contributed by atoms with Gasteiger partial charge in [0.1, 0.15) is 17.3 Å². The molecule has 0 saturated carbocycles. The molecule has 0 spiro atoms. The van der Waals surface area contributed by atoms with E-state index in [9.17, 15) is 13.2 Å². The lowest BCUT2D eigenvalue weighted by molar-refractivity contribution is -0.191. The van der Waals surface area contributed by atoms with Crippen LogP contribution < -0.4 is 9.80 Å². The Balaban J connectivity index is 0.000000913. The maximum Gasteiger partial charge on any atom is 0.432 e. The predicted molar refractivity (Wildman–Crippen MR) is 112 cm³/mol. The third kappa shape index (κ3) is 5.33. The fourth-order valence-corrected chi connectivity index (χ4v) is 3.44. The number of alkyl halides is 3. The van der Waals surface area contributed by atoms with Crippen molar-refractivity contribution in [3.05, 3.63) is 59.5 Å². The molecule has 3 aromatic rings. The number of imidazole rings is 1. The fraction of sp³-hybridized carbons (Fsp3) is 0.318. The number of benzene rings is 1. The Morgan fingerprint density at radius 3 is 2.09 bits per heavy atom. The van der Waals surface area contributed by atoms with Gasteiger partial charge < -0.3 is 14.8 Å². The van der Waals surface area contributed by atoms with E-state index in [1.807, 2.05) is 6.07 Å². The van der Waals surface area contributed by atoms with Crippen LogP contribution >= 0.6 is 0 Å². The molecular weight excluding hydrogens is 423 g/mol.